The summed E-state index contributed by atoms with van der Waals surface area (Å²) in [7, 11) is 0. The summed E-state index contributed by atoms with van der Waals surface area (Å²) in [6, 6.07) is 3.35. The van der Waals surface area contributed by atoms with Gasteiger partial charge in [-0.05, 0) is 26.0 Å². The zero-order valence-electron chi connectivity index (χ0n) is 10.5. The normalized spacial score (nSPS) is 11.2. The van der Waals surface area contributed by atoms with Crippen molar-refractivity contribution >= 4 is 57.0 Å². The summed E-state index contributed by atoms with van der Waals surface area (Å²) in [6.45, 7) is 3.86. The summed E-state index contributed by atoms with van der Waals surface area (Å²) in [4.78, 5) is 14.1. The molecular formula is C13H8Cl3N3S. The molecular weight excluding hydrogens is 337 g/mol. The van der Waals surface area contributed by atoms with E-state index in [1.54, 1.807) is 12.1 Å². The van der Waals surface area contributed by atoms with Crippen molar-refractivity contribution in [2.75, 3.05) is 0 Å². The van der Waals surface area contributed by atoms with Crippen LogP contribution < -0.4 is 0 Å². The van der Waals surface area contributed by atoms with Crippen LogP contribution in [0.2, 0.25) is 15.2 Å². The molecule has 0 saturated heterocycles. The first kappa shape index (κ1) is 14.0. The monoisotopic (exact) mass is 343 g/mol. The highest BCUT2D eigenvalue weighted by Gasteiger charge is 2.15. The molecule has 3 nitrogen and oxygen atoms in total. The fraction of sp³-hybridized carbons (Fsp3) is 0.154. The van der Waals surface area contributed by atoms with Crippen LogP contribution >= 0.6 is 46.1 Å². The Kier molecular flexibility index (Phi) is 3.58. The highest BCUT2D eigenvalue weighted by Crippen LogP contribution is 2.34. The van der Waals surface area contributed by atoms with Crippen molar-refractivity contribution in [2.45, 2.75) is 13.8 Å². The molecule has 0 amide bonds. The first-order chi connectivity index (χ1) is 9.45. The van der Waals surface area contributed by atoms with Crippen LogP contribution in [-0.2, 0) is 0 Å². The van der Waals surface area contributed by atoms with Crippen LogP contribution in [0.25, 0.3) is 21.6 Å². The number of benzene rings is 1. The number of nitrogens with zero attached hydrogens (tertiary/aromatic N) is 3. The average molecular weight is 345 g/mol. The van der Waals surface area contributed by atoms with E-state index in [0.29, 0.717) is 31.9 Å². The smallest absolute Gasteiger partial charge is 0.173 e. The second-order valence-electron chi connectivity index (χ2n) is 4.27. The summed E-state index contributed by atoms with van der Waals surface area (Å²) in [5.74, 6) is 0.537. The van der Waals surface area contributed by atoms with Gasteiger partial charge in [0.05, 0.1) is 26.1 Å². The van der Waals surface area contributed by atoms with Crippen molar-refractivity contribution in [3.63, 3.8) is 0 Å². The lowest BCUT2D eigenvalue weighted by molar-refractivity contribution is 1.17. The van der Waals surface area contributed by atoms with Crippen LogP contribution in [0.4, 0.5) is 0 Å². The minimum Gasteiger partial charge on any atom is -0.246 e. The molecule has 0 bridgehead atoms. The van der Waals surface area contributed by atoms with Crippen molar-refractivity contribution in [1.82, 2.24) is 15.0 Å². The van der Waals surface area contributed by atoms with E-state index in [9.17, 15) is 0 Å². The first-order valence-electron chi connectivity index (χ1n) is 5.72. The lowest BCUT2D eigenvalue weighted by Gasteiger charge is -2.05. The highest BCUT2D eigenvalue weighted by molar-refractivity contribution is 7.15. The Bertz CT molecular complexity index is 829. The maximum Gasteiger partial charge on any atom is 0.173 e. The average Bonchev–Trinajstić information content (AvgIpc) is 2.69. The van der Waals surface area contributed by atoms with Crippen LogP contribution in [0, 0.1) is 13.8 Å². The standard InChI is InChI=1S/C13H8Cl3N3S/c1-5-11(20-6(2)17-5)13-18-10-8(12(16)19-13)3-7(14)4-9(10)15/h3-4H,1-2H3. The zero-order valence-corrected chi connectivity index (χ0v) is 13.6. The molecule has 0 radical (unpaired) electrons. The van der Waals surface area contributed by atoms with Gasteiger partial charge in [0.15, 0.2) is 5.82 Å². The molecule has 0 saturated carbocycles. The molecule has 2 aromatic heterocycles. The van der Waals surface area contributed by atoms with Crippen molar-refractivity contribution in [3.8, 4) is 10.7 Å². The van der Waals surface area contributed by atoms with Gasteiger partial charge in [0.1, 0.15) is 5.15 Å². The Morgan fingerprint density at radius 2 is 1.75 bits per heavy atom. The molecule has 0 unspecified atom stereocenters. The van der Waals surface area contributed by atoms with Crippen LogP contribution in [0.1, 0.15) is 10.7 Å². The molecule has 2 heterocycles. The summed E-state index contributed by atoms with van der Waals surface area (Å²) >= 11 is 19.9. The number of hydrogen-bond donors (Lipinski definition) is 0. The molecule has 3 rings (SSSR count). The highest BCUT2D eigenvalue weighted by atomic mass is 35.5. The van der Waals surface area contributed by atoms with Crippen molar-refractivity contribution in [1.29, 1.82) is 0 Å². The van der Waals surface area contributed by atoms with Crippen LogP contribution in [0.15, 0.2) is 12.1 Å². The molecule has 1 aromatic carbocycles. The van der Waals surface area contributed by atoms with E-state index in [4.69, 9.17) is 34.8 Å². The van der Waals surface area contributed by atoms with Gasteiger partial charge in [-0.1, -0.05) is 34.8 Å². The molecule has 0 atom stereocenters. The summed E-state index contributed by atoms with van der Waals surface area (Å²) in [5.41, 5.74) is 1.48. The fourth-order valence-corrected chi connectivity index (χ4v) is 3.57. The Morgan fingerprint density at radius 3 is 2.40 bits per heavy atom. The van der Waals surface area contributed by atoms with Gasteiger partial charge >= 0.3 is 0 Å². The maximum absolute atomic E-state index is 6.23. The number of aryl methyl sites for hydroxylation is 2. The zero-order chi connectivity index (χ0) is 14.4. The van der Waals surface area contributed by atoms with Crippen molar-refractivity contribution < 1.29 is 0 Å². The predicted molar refractivity (Wildman–Crippen MR) is 85.2 cm³/mol. The minimum absolute atomic E-state index is 0.333. The number of halogens is 3. The molecule has 0 N–H and O–H groups in total. The quantitative estimate of drug-likeness (QED) is 0.560. The summed E-state index contributed by atoms with van der Waals surface area (Å²) < 4.78 is 0. The van der Waals surface area contributed by atoms with E-state index in [1.165, 1.54) is 11.3 Å². The van der Waals surface area contributed by atoms with E-state index in [-0.39, 0.29) is 0 Å². The molecule has 0 aliphatic carbocycles. The largest absolute Gasteiger partial charge is 0.246 e. The molecule has 7 heteroatoms. The number of fused-ring (bicyclic) bond motifs is 1. The van der Waals surface area contributed by atoms with Crippen molar-refractivity contribution in [3.05, 3.63) is 38.0 Å². The summed E-state index contributed by atoms with van der Waals surface area (Å²) in [6.07, 6.45) is 0. The van der Waals surface area contributed by atoms with Gasteiger partial charge in [0, 0.05) is 10.4 Å². The minimum atomic E-state index is 0.333. The molecule has 0 aliphatic heterocycles. The third-order valence-corrected chi connectivity index (χ3v) is 4.64. The van der Waals surface area contributed by atoms with E-state index < -0.39 is 0 Å². The third kappa shape index (κ3) is 2.37. The lowest BCUT2D eigenvalue weighted by atomic mass is 10.2. The molecule has 0 spiro atoms. The van der Waals surface area contributed by atoms with E-state index in [2.05, 4.69) is 15.0 Å². The number of thiazole rings is 1. The number of hydrogen-bond acceptors (Lipinski definition) is 4. The van der Waals surface area contributed by atoms with E-state index >= 15 is 0 Å². The fourth-order valence-electron chi connectivity index (χ4n) is 1.96. The van der Waals surface area contributed by atoms with Gasteiger partial charge in [-0.3, -0.25) is 0 Å². The Balaban J connectivity index is 2.32. The lowest BCUT2D eigenvalue weighted by Crippen LogP contribution is -1.92. The van der Waals surface area contributed by atoms with Gasteiger partial charge < -0.3 is 0 Å². The van der Waals surface area contributed by atoms with E-state index in [1.807, 2.05) is 13.8 Å². The SMILES string of the molecule is Cc1nc(C)c(-c2nc(Cl)c3cc(Cl)cc(Cl)c3n2)s1. The van der Waals surface area contributed by atoms with Gasteiger partial charge in [-0.15, -0.1) is 11.3 Å². The van der Waals surface area contributed by atoms with Crippen LogP contribution in [0.3, 0.4) is 0 Å². The van der Waals surface area contributed by atoms with Crippen LogP contribution in [0.5, 0.6) is 0 Å². The summed E-state index contributed by atoms with van der Waals surface area (Å²) in [5, 5.41) is 2.90. The molecule has 20 heavy (non-hydrogen) atoms. The molecule has 0 fully saturated rings. The maximum atomic E-state index is 6.23. The topological polar surface area (TPSA) is 38.7 Å². The Labute approximate surface area is 134 Å². The molecule has 3 aromatic rings. The third-order valence-electron chi connectivity index (χ3n) is 2.78. The second kappa shape index (κ2) is 5.11. The van der Waals surface area contributed by atoms with Gasteiger partial charge in [-0.25, -0.2) is 15.0 Å². The predicted octanol–water partition coefficient (Wildman–Crippen LogP) is 5.33. The Morgan fingerprint density at radius 1 is 1.00 bits per heavy atom. The number of rotatable bonds is 1. The Hall–Kier alpha value is -0.940. The van der Waals surface area contributed by atoms with Crippen LogP contribution in [-0.4, -0.2) is 15.0 Å². The molecule has 0 aliphatic rings. The second-order valence-corrected chi connectivity index (χ2v) is 6.67. The molecule has 102 valence electrons. The first-order valence-corrected chi connectivity index (χ1v) is 7.67. The van der Waals surface area contributed by atoms with Gasteiger partial charge in [0.25, 0.3) is 0 Å². The number of aromatic nitrogens is 3. The van der Waals surface area contributed by atoms with Crippen molar-refractivity contribution in [2.24, 2.45) is 0 Å². The van der Waals surface area contributed by atoms with E-state index in [0.717, 1.165) is 15.6 Å². The van der Waals surface area contributed by atoms with Gasteiger partial charge in [-0.2, -0.15) is 0 Å². The van der Waals surface area contributed by atoms with Gasteiger partial charge in [0.2, 0.25) is 0 Å².